The number of cyclic esters (lactones) is 1. The quantitative estimate of drug-likeness (QED) is 0.153. The van der Waals surface area contributed by atoms with Gasteiger partial charge in [-0.15, -0.1) is 0 Å². The zero-order valence-corrected chi connectivity index (χ0v) is 28.3. The van der Waals surface area contributed by atoms with Crippen molar-refractivity contribution < 1.29 is 55.5 Å². The molecular weight excluding hydrogens is 608 g/mol. The molecule has 0 bridgehead atoms. The van der Waals surface area contributed by atoms with Crippen molar-refractivity contribution in [2.45, 2.75) is 147 Å². The second-order valence-electron chi connectivity index (χ2n) is 12.9. The van der Waals surface area contributed by atoms with E-state index >= 15 is 0 Å². The summed E-state index contributed by atoms with van der Waals surface area (Å²) in [6, 6.07) is 0. The molecule has 11 heteroatoms. The van der Waals surface area contributed by atoms with E-state index in [4.69, 9.17) is 4.74 Å². The Labute approximate surface area is 279 Å². The third-order valence-electron chi connectivity index (χ3n) is 8.53. The predicted molar refractivity (Wildman–Crippen MR) is 180 cm³/mol. The second-order valence-corrected chi connectivity index (χ2v) is 12.9. The van der Waals surface area contributed by atoms with Gasteiger partial charge < -0.3 is 50.7 Å². The van der Waals surface area contributed by atoms with Gasteiger partial charge in [0.15, 0.2) is 0 Å². The van der Waals surface area contributed by atoms with Crippen molar-refractivity contribution in [3.05, 3.63) is 60.3 Å². The van der Waals surface area contributed by atoms with E-state index in [2.05, 4.69) is 0 Å². The molecule has 0 saturated heterocycles. The van der Waals surface area contributed by atoms with Gasteiger partial charge in [-0.05, 0) is 45.1 Å². The fourth-order valence-corrected chi connectivity index (χ4v) is 5.40. The number of unbranched alkanes of at least 4 members (excludes halogenated alkanes) is 2. The molecule has 1 aliphatic rings. The van der Waals surface area contributed by atoms with Crippen LogP contribution in [0.3, 0.4) is 0 Å². The summed E-state index contributed by atoms with van der Waals surface area (Å²) in [5.41, 5.74) is 0.385. The topological polar surface area (TPSA) is 208 Å². The number of carbonyl (C=O) groups excluding carboxylic acids is 1. The van der Waals surface area contributed by atoms with Crippen LogP contribution in [-0.4, -0.2) is 113 Å². The van der Waals surface area contributed by atoms with Crippen LogP contribution in [0.15, 0.2) is 60.3 Å². The summed E-state index contributed by atoms with van der Waals surface area (Å²) in [7, 11) is 0. The van der Waals surface area contributed by atoms with Crippen molar-refractivity contribution >= 4 is 5.97 Å². The van der Waals surface area contributed by atoms with Gasteiger partial charge in [0.25, 0.3) is 0 Å². The van der Waals surface area contributed by atoms with E-state index < -0.39 is 72.9 Å². The van der Waals surface area contributed by atoms with E-state index in [1.807, 2.05) is 19.9 Å². The lowest BCUT2D eigenvalue weighted by atomic mass is 9.87. The SMILES string of the molecule is CCCCCC(O)C1C(=O)OC(C)C(C)C=CC=CC=CC=CC=C(C)C(O)C(O)C(O)CC(O)CC(O)CC(O)CC(O)CC1O. The fourth-order valence-electron chi connectivity index (χ4n) is 5.40. The highest BCUT2D eigenvalue weighted by molar-refractivity contribution is 5.74. The highest BCUT2D eigenvalue weighted by Crippen LogP contribution is 2.25. The molecule has 0 radical (unpaired) electrons. The minimum Gasteiger partial charge on any atom is -0.462 e. The summed E-state index contributed by atoms with van der Waals surface area (Å²) in [6.07, 6.45) is 4.14. The number of aliphatic hydroxyl groups is 9. The van der Waals surface area contributed by atoms with Crippen molar-refractivity contribution in [3.8, 4) is 0 Å². The van der Waals surface area contributed by atoms with Gasteiger partial charge in [0.2, 0.25) is 0 Å². The van der Waals surface area contributed by atoms with Crippen LogP contribution in [0.25, 0.3) is 0 Å². The molecule has 0 aromatic heterocycles. The first-order chi connectivity index (χ1) is 22.2. The van der Waals surface area contributed by atoms with Gasteiger partial charge in [0.05, 0.1) is 42.7 Å². The summed E-state index contributed by atoms with van der Waals surface area (Å²) in [5, 5.41) is 95.0. The lowest BCUT2D eigenvalue weighted by Gasteiger charge is -2.30. The molecular formula is C36H60O11. The largest absolute Gasteiger partial charge is 0.462 e. The maximum Gasteiger partial charge on any atom is 0.314 e. The van der Waals surface area contributed by atoms with Crippen LogP contribution in [0.4, 0.5) is 0 Å². The molecule has 47 heavy (non-hydrogen) atoms. The molecule has 0 aromatic carbocycles. The smallest absolute Gasteiger partial charge is 0.314 e. The van der Waals surface area contributed by atoms with Crippen LogP contribution >= 0.6 is 0 Å². The molecule has 9 N–H and O–H groups in total. The molecule has 0 aliphatic carbocycles. The number of carbonyl (C=O) groups is 1. The third kappa shape index (κ3) is 17.2. The van der Waals surface area contributed by atoms with Gasteiger partial charge in [0, 0.05) is 18.8 Å². The van der Waals surface area contributed by atoms with E-state index in [1.165, 1.54) is 0 Å². The Hall–Kier alpha value is -2.19. The molecule has 0 amide bonds. The Balaban J connectivity index is 3.19. The number of rotatable bonds is 5. The first-order valence-electron chi connectivity index (χ1n) is 16.9. The van der Waals surface area contributed by atoms with E-state index in [0.717, 1.165) is 12.8 Å². The van der Waals surface area contributed by atoms with Crippen LogP contribution in [0.5, 0.6) is 0 Å². The predicted octanol–water partition coefficient (Wildman–Crippen LogP) is 2.13. The summed E-state index contributed by atoms with van der Waals surface area (Å²) in [6.45, 7) is 7.17. The van der Waals surface area contributed by atoms with Crippen molar-refractivity contribution in [1.29, 1.82) is 0 Å². The zero-order valence-electron chi connectivity index (χ0n) is 28.3. The van der Waals surface area contributed by atoms with E-state index in [1.54, 1.807) is 62.5 Å². The first-order valence-corrected chi connectivity index (χ1v) is 16.9. The minimum atomic E-state index is -1.59. The number of aliphatic hydroxyl groups excluding tert-OH is 9. The summed E-state index contributed by atoms with van der Waals surface area (Å²) < 4.78 is 5.66. The normalized spacial score (nSPS) is 35.8. The Morgan fingerprint density at radius 1 is 0.723 bits per heavy atom. The molecule has 1 heterocycles. The van der Waals surface area contributed by atoms with Crippen LogP contribution in [-0.2, 0) is 9.53 Å². The number of esters is 1. The van der Waals surface area contributed by atoms with Crippen LogP contribution in [0.2, 0.25) is 0 Å². The molecule has 0 saturated carbocycles. The fraction of sp³-hybridized carbons (Fsp3) is 0.694. The minimum absolute atomic E-state index is 0.201. The summed E-state index contributed by atoms with van der Waals surface area (Å²) in [4.78, 5) is 13.3. The number of ether oxygens (including phenoxy) is 1. The van der Waals surface area contributed by atoms with E-state index in [-0.39, 0.29) is 44.4 Å². The number of hydrogen-bond acceptors (Lipinski definition) is 11. The maximum atomic E-state index is 13.3. The lowest BCUT2D eigenvalue weighted by molar-refractivity contribution is -0.166. The lowest BCUT2D eigenvalue weighted by Crippen LogP contribution is -2.42. The standard InChI is InChI=1S/C36H60O11/c1-5-6-12-17-30(41)33-31(42)21-28(39)19-26(37)18-27(38)20-29(40)22-32(43)35(45)34(44)24(3)16-14-11-9-7-8-10-13-15-23(2)25(4)47-36(33)46/h7-11,13-16,23,25-35,37-45H,5-6,12,17-22H2,1-4H3. The molecule has 0 spiro atoms. The van der Waals surface area contributed by atoms with Gasteiger partial charge in [-0.1, -0.05) is 87.8 Å². The monoisotopic (exact) mass is 668 g/mol. The zero-order chi connectivity index (χ0) is 35.5. The third-order valence-corrected chi connectivity index (χ3v) is 8.53. The van der Waals surface area contributed by atoms with Gasteiger partial charge in [-0.25, -0.2) is 0 Å². The molecule has 1 aliphatic heterocycles. The van der Waals surface area contributed by atoms with Gasteiger partial charge in [0.1, 0.15) is 24.2 Å². The molecule has 11 nitrogen and oxygen atoms in total. The summed E-state index contributed by atoms with van der Waals surface area (Å²) >= 11 is 0. The first kappa shape index (κ1) is 42.8. The van der Waals surface area contributed by atoms with Crippen LogP contribution in [0, 0.1) is 11.8 Å². The van der Waals surface area contributed by atoms with Gasteiger partial charge in [-0.3, -0.25) is 4.79 Å². The van der Waals surface area contributed by atoms with Gasteiger partial charge >= 0.3 is 5.97 Å². The molecule has 12 atom stereocenters. The highest BCUT2D eigenvalue weighted by atomic mass is 16.5. The molecule has 12 unspecified atom stereocenters. The van der Waals surface area contributed by atoms with Crippen LogP contribution < -0.4 is 0 Å². The second kappa shape index (κ2) is 23.2. The summed E-state index contributed by atoms with van der Waals surface area (Å²) in [5.74, 6) is -2.30. The molecule has 270 valence electrons. The maximum absolute atomic E-state index is 13.3. The van der Waals surface area contributed by atoms with E-state index in [0.29, 0.717) is 12.0 Å². The molecule has 0 fully saturated rings. The Morgan fingerprint density at radius 3 is 1.77 bits per heavy atom. The van der Waals surface area contributed by atoms with Gasteiger partial charge in [-0.2, -0.15) is 0 Å². The number of hydrogen-bond donors (Lipinski definition) is 9. The van der Waals surface area contributed by atoms with Crippen LogP contribution in [0.1, 0.15) is 85.5 Å². The Morgan fingerprint density at radius 2 is 1.21 bits per heavy atom. The van der Waals surface area contributed by atoms with Crippen molar-refractivity contribution in [2.75, 3.05) is 0 Å². The highest BCUT2D eigenvalue weighted by Gasteiger charge is 2.37. The molecule has 0 aromatic rings. The number of allylic oxidation sites excluding steroid dienone is 8. The average Bonchev–Trinajstić information content (AvgIpc) is 2.98. The average molecular weight is 669 g/mol. The Bertz CT molecular complexity index is 1020. The van der Waals surface area contributed by atoms with Crippen molar-refractivity contribution in [1.82, 2.24) is 0 Å². The van der Waals surface area contributed by atoms with E-state index in [9.17, 15) is 50.8 Å². The Kier molecular flexibility index (Phi) is 21.2. The molecule has 1 rings (SSSR count). The van der Waals surface area contributed by atoms with Crippen molar-refractivity contribution in [3.63, 3.8) is 0 Å². The van der Waals surface area contributed by atoms with Crippen molar-refractivity contribution in [2.24, 2.45) is 11.8 Å².